The Morgan fingerprint density at radius 3 is 2.25 bits per heavy atom. The molecule has 0 saturated carbocycles. The van der Waals surface area contributed by atoms with Crippen LogP contribution in [0.3, 0.4) is 0 Å². The van der Waals surface area contributed by atoms with Gasteiger partial charge in [0.25, 0.3) is 6.10 Å². The lowest BCUT2D eigenvalue weighted by Gasteiger charge is -2.25. The van der Waals surface area contributed by atoms with Gasteiger partial charge in [-0.3, -0.25) is 9.54 Å². The fourth-order valence-corrected chi connectivity index (χ4v) is 1.90. The van der Waals surface area contributed by atoms with E-state index in [1.54, 1.807) is 0 Å². The van der Waals surface area contributed by atoms with Crippen molar-refractivity contribution in [1.82, 2.24) is 4.98 Å². The first kappa shape index (κ1) is 16.7. The zero-order chi connectivity index (χ0) is 15.8. The van der Waals surface area contributed by atoms with Crippen LogP contribution in [0.2, 0.25) is 0 Å². The van der Waals surface area contributed by atoms with Crippen molar-refractivity contribution in [2.45, 2.75) is 17.5 Å². The van der Waals surface area contributed by atoms with Gasteiger partial charge in [0.05, 0.1) is 11.7 Å². The van der Waals surface area contributed by atoms with Gasteiger partial charge in [0.1, 0.15) is 4.88 Å². The highest BCUT2D eigenvalue weighted by Crippen LogP contribution is 2.38. The molecule has 1 N–H and O–H groups in total. The Morgan fingerprint density at radius 2 is 1.90 bits per heavy atom. The highest BCUT2D eigenvalue weighted by Gasteiger charge is 2.66. The van der Waals surface area contributed by atoms with Crippen LogP contribution in [0.25, 0.3) is 0 Å². The van der Waals surface area contributed by atoms with Crippen LogP contribution < -0.4 is 0 Å². The van der Waals surface area contributed by atoms with Gasteiger partial charge in [0, 0.05) is 0 Å². The van der Waals surface area contributed by atoms with Crippen LogP contribution in [-0.2, 0) is 14.9 Å². The van der Waals surface area contributed by atoms with E-state index in [1.807, 2.05) is 0 Å². The molecule has 13 heteroatoms. The van der Waals surface area contributed by atoms with Gasteiger partial charge in [-0.25, -0.2) is 4.79 Å². The minimum absolute atomic E-state index is 0.492. The van der Waals surface area contributed by atoms with Gasteiger partial charge in [0.2, 0.25) is 0 Å². The molecular weight excluding hydrogens is 337 g/mol. The molecule has 0 fully saturated rings. The monoisotopic (exact) mass is 341 g/mol. The largest absolute Gasteiger partial charge is 0.440 e. The molecule has 0 aliphatic carbocycles. The Labute approximate surface area is 111 Å². The molecule has 1 unspecified atom stereocenters. The number of thiazole rings is 1. The van der Waals surface area contributed by atoms with Crippen LogP contribution in [0.1, 0.15) is 9.67 Å². The van der Waals surface area contributed by atoms with E-state index in [4.69, 9.17) is 4.55 Å². The van der Waals surface area contributed by atoms with Crippen molar-refractivity contribution >= 4 is 27.4 Å². The smallest absolute Gasteiger partial charge is 0.432 e. The first-order chi connectivity index (χ1) is 8.87. The van der Waals surface area contributed by atoms with Gasteiger partial charge in [-0.1, -0.05) is 0 Å². The second kappa shape index (κ2) is 5.21. The quantitative estimate of drug-likeness (QED) is 0.509. The lowest BCUT2D eigenvalue weighted by Crippen LogP contribution is -2.52. The van der Waals surface area contributed by atoms with Gasteiger partial charge in [0.15, 0.2) is 0 Å². The highest BCUT2D eigenvalue weighted by molar-refractivity contribution is 7.86. The Hall–Kier alpha value is -1.34. The summed E-state index contributed by atoms with van der Waals surface area (Å²) >= 11 is 0.492. The molecule has 1 aromatic rings. The maximum Gasteiger partial charge on any atom is 0.432 e. The van der Waals surface area contributed by atoms with E-state index in [1.165, 1.54) is 0 Å². The van der Waals surface area contributed by atoms with Gasteiger partial charge < -0.3 is 4.74 Å². The first-order valence-electron chi connectivity index (χ1n) is 4.38. The summed E-state index contributed by atoms with van der Waals surface area (Å²) in [4.78, 5) is 13.9. The summed E-state index contributed by atoms with van der Waals surface area (Å²) < 4.78 is 95.5. The predicted octanol–water partition coefficient (Wildman–Crippen LogP) is 1.71. The molecule has 20 heavy (non-hydrogen) atoms. The average Bonchev–Trinajstić information content (AvgIpc) is 2.75. The van der Waals surface area contributed by atoms with Crippen LogP contribution in [0.5, 0.6) is 0 Å². The van der Waals surface area contributed by atoms with Crippen molar-refractivity contribution < 1.29 is 44.5 Å². The number of alkyl halides is 5. The van der Waals surface area contributed by atoms with Crippen LogP contribution in [0.15, 0.2) is 11.7 Å². The molecule has 0 aliphatic heterocycles. The molecule has 0 saturated heterocycles. The van der Waals surface area contributed by atoms with Crippen molar-refractivity contribution in [2.24, 2.45) is 0 Å². The van der Waals surface area contributed by atoms with E-state index in [9.17, 15) is 35.2 Å². The average molecular weight is 341 g/mol. The number of nitrogens with zero attached hydrogens (tertiary/aromatic N) is 1. The summed E-state index contributed by atoms with van der Waals surface area (Å²) in [5.41, 5.74) is 1.01. The predicted molar refractivity (Wildman–Crippen MR) is 53.9 cm³/mol. The third-order valence-corrected chi connectivity index (χ3v) is 3.46. The van der Waals surface area contributed by atoms with E-state index in [-0.39, 0.29) is 0 Å². The van der Waals surface area contributed by atoms with E-state index in [2.05, 4.69) is 9.72 Å². The van der Waals surface area contributed by atoms with Crippen molar-refractivity contribution in [3.8, 4) is 0 Å². The minimum Gasteiger partial charge on any atom is -0.440 e. The molecule has 1 rings (SSSR count). The van der Waals surface area contributed by atoms with E-state index >= 15 is 0 Å². The zero-order valence-corrected chi connectivity index (χ0v) is 10.6. The number of aromatic nitrogens is 1. The molecule has 114 valence electrons. The third kappa shape index (κ3) is 3.40. The van der Waals surface area contributed by atoms with Crippen LogP contribution in [0.4, 0.5) is 22.0 Å². The van der Waals surface area contributed by atoms with E-state index in [0.717, 1.165) is 11.7 Å². The van der Waals surface area contributed by atoms with Crippen LogP contribution in [-0.4, -0.2) is 41.5 Å². The van der Waals surface area contributed by atoms with Gasteiger partial charge >= 0.3 is 27.5 Å². The first-order valence-corrected chi connectivity index (χ1v) is 6.70. The normalized spacial score (nSPS) is 14.9. The summed E-state index contributed by atoms with van der Waals surface area (Å²) in [5.74, 6) is -1.85. The molecule has 1 atom stereocenters. The fourth-order valence-electron chi connectivity index (χ4n) is 0.943. The highest BCUT2D eigenvalue weighted by atomic mass is 32.2. The number of hydrogen-bond acceptors (Lipinski definition) is 6. The molecule has 0 bridgehead atoms. The molecule has 0 radical (unpaired) electrons. The molecule has 1 aromatic heterocycles. The van der Waals surface area contributed by atoms with Crippen LogP contribution in [0, 0.1) is 0 Å². The summed E-state index contributed by atoms with van der Waals surface area (Å²) in [6.07, 6.45) is -9.52. The van der Waals surface area contributed by atoms with E-state index in [0.29, 0.717) is 11.3 Å². The molecule has 1 heterocycles. The number of ether oxygens (including phenoxy) is 1. The number of rotatable bonds is 4. The SMILES string of the molecule is O=C(OC(C(F)(F)F)C(F)(F)S(=O)(=O)O)c1cncs1. The maximum absolute atomic E-state index is 13.0. The second-order valence-electron chi connectivity index (χ2n) is 3.23. The molecule has 0 amide bonds. The van der Waals surface area contributed by atoms with E-state index < -0.39 is 38.5 Å². The fraction of sp³-hybridized carbons (Fsp3) is 0.429. The molecular formula is C7H4F5NO5S2. The molecule has 6 nitrogen and oxygen atoms in total. The standard InChI is InChI=1S/C7H4F5NO5S2/c8-6(9,10)5(7(11,12)20(15,16)17)18-4(14)3-1-13-2-19-3/h1-2,5H,(H,15,16,17). The third-order valence-electron chi connectivity index (χ3n) is 1.80. The Balaban J connectivity index is 3.13. The number of carbonyl (C=O) groups excluding carboxylic acids is 1. The second-order valence-corrected chi connectivity index (χ2v) is 5.61. The van der Waals surface area contributed by atoms with Crippen molar-refractivity contribution in [1.29, 1.82) is 0 Å². The van der Waals surface area contributed by atoms with Crippen molar-refractivity contribution in [3.63, 3.8) is 0 Å². The topological polar surface area (TPSA) is 93.6 Å². The Bertz CT molecular complexity index is 581. The summed E-state index contributed by atoms with van der Waals surface area (Å²) in [6.45, 7) is 0. The maximum atomic E-state index is 13.0. The Kier molecular flexibility index (Phi) is 4.36. The number of esters is 1. The van der Waals surface area contributed by atoms with Crippen LogP contribution >= 0.6 is 11.3 Å². The summed E-state index contributed by atoms with van der Waals surface area (Å²) in [6, 6.07) is 0. The number of hydrogen-bond donors (Lipinski definition) is 1. The molecule has 0 spiro atoms. The summed E-state index contributed by atoms with van der Waals surface area (Å²) in [7, 11) is -6.44. The van der Waals surface area contributed by atoms with Gasteiger partial charge in [-0.15, -0.1) is 11.3 Å². The lowest BCUT2D eigenvalue weighted by molar-refractivity contribution is -0.247. The lowest BCUT2D eigenvalue weighted by atomic mass is 10.3. The number of halogens is 5. The van der Waals surface area contributed by atoms with Gasteiger partial charge in [-0.2, -0.15) is 30.4 Å². The molecule has 0 aliphatic rings. The molecule has 0 aromatic carbocycles. The van der Waals surface area contributed by atoms with Gasteiger partial charge in [-0.05, 0) is 0 Å². The Morgan fingerprint density at radius 1 is 1.35 bits per heavy atom. The zero-order valence-electron chi connectivity index (χ0n) is 8.97. The minimum atomic E-state index is -6.44. The number of carbonyl (C=O) groups is 1. The summed E-state index contributed by atoms with van der Waals surface area (Å²) in [5, 5.41) is -5.74. The van der Waals surface area contributed by atoms with Crippen molar-refractivity contribution in [2.75, 3.05) is 0 Å². The van der Waals surface area contributed by atoms with Crippen molar-refractivity contribution in [3.05, 3.63) is 16.6 Å².